The Hall–Kier alpha value is -4.43. The number of aryl methyl sites for hydroxylation is 1. The molecule has 0 saturated heterocycles. The molecule has 40 heavy (non-hydrogen) atoms. The molecule has 1 unspecified atom stereocenters. The minimum absolute atomic E-state index is 0.0694. The maximum atomic E-state index is 14.1. The van der Waals surface area contributed by atoms with Gasteiger partial charge in [0.1, 0.15) is 10.8 Å². The lowest BCUT2D eigenvalue weighted by Crippen LogP contribution is -2.30. The first-order valence-electron chi connectivity index (χ1n) is 13.1. The summed E-state index contributed by atoms with van der Waals surface area (Å²) in [6.45, 7) is 4.47. The molecule has 0 aliphatic carbocycles. The molecule has 1 atom stereocenters. The number of thiazole rings is 1. The zero-order valence-electron chi connectivity index (χ0n) is 22.9. The van der Waals surface area contributed by atoms with Gasteiger partial charge in [-0.1, -0.05) is 54.6 Å². The van der Waals surface area contributed by atoms with Crippen LogP contribution in [0, 0.1) is 6.92 Å². The molecule has 7 nitrogen and oxygen atoms in total. The molecule has 0 saturated carbocycles. The molecule has 3 aromatic carbocycles. The van der Waals surface area contributed by atoms with E-state index in [0.29, 0.717) is 22.2 Å². The summed E-state index contributed by atoms with van der Waals surface area (Å²) < 4.78 is 5.55. The molecular weight excluding hydrogens is 522 g/mol. The summed E-state index contributed by atoms with van der Waals surface area (Å²) in [7, 11) is 3.90. The quantitative estimate of drug-likeness (QED) is 0.243. The molecule has 1 N–H and O–H groups in total. The van der Waals surface area contributed by atoms with Gasteiger partial charge in [-0.3, -0.25) is 9.59 Å². The number of aliphatic hydroxyl groups is 1. The lowest BCUT2D eigenvalue weighted by atomic mass is 9.94. The van der Waals surface area contributed by atoms with Crippen LogP contribution in [0.3, 0.4) is 0 Å². The average molecular weight is 554 g/mol. The highest BCUT2D eigenvalue weighted by molar-refractivity contribution is 7.17. The molecule has 1 aliphatic rings. The Labute approximate surface area is 238 Å². The Morgan fingerprint density at radius 2 is 1.70 bits per heavy atom. The molecule has 0 fully saturated rings. The lowest BCUT2D eigenvalue weighted by molar-refractivity contribution is -0.130. The van der Waals surface area contributed by atoms with Crippen LogP contribution < -0.4 is 9.64 Å². The van der Waals surface area contributed by atoms with Crippen molar-refractivity contribution in [2.45, 2.75) is 26.4 Å². The van der Waals surface area contributed by atoms with Crippen LogP contribution in [0.4, 0.5) is 5.69 Å². The first kappa shape index (κ1) is 27.1. The number of carbonyl (C=O) groups is 2. The number of ether oxygens (including phenoxy) is 1. The number of rotatable bonds is 9. The smallest absolute Gasteiger partial charge is 0.290 e. The molecule has 5 rings (SSSR count). The molecular formula is C32H31N3O4S. The molecule has 4 aromatic rings. The predicted molar refractivity (Wildman–Crippen MR) is 158 cm³/mol. The van der Waals surface area contributed by atoms with Crippen molar-refractivity contribution in [3.8, 4) is 16.3 Å². The second-order valence-electron chi connectivity index (χ2n) is 9.79. The van der Waals surface area contributed by atoms with E-state index in [0.717, 1.165) is 28.1 Å². The standard InChI is InChI=1S/C32H31N3O4S/c1-5-39-25-17-11-21(12-18-25)19-35-27(22-13-15-24(16-14-22)34(3)4)26(29(37)32(35)38)28(36)30-20(2)33-31(40-30)23-9-7-6-8-10-23/h6-18,27,37H,5,19H2,1-4H3. The Morgan fingerprint density at radius 1 is 1.02 bits per heavy atom. The molecule has 0 bridgehead atoms. The van der Waals surface area contributed by atoms with Crippen LogP contribution in [0.5, 0.6) is 5.75 Å². The number of anilines is 1. The van der Waals surface area contributed by atoms with E-state index in [9.17, 15) is 14.7 Å². The van der Waals surface area contributed by atoms with Crippen molar-refractivity contribution in [3.63, 3.8) is 0 Å². The summed E-state index contributed by atoms with van der Waals surface area (Å²) in [6.07, 6.45) is 0. The molecule has 2 heterocycles. The predicted octanol–water partition coefficient (Wildman–Crippen LogP) is 6.36. The molecule has 204 valence electrons. The number of aromatic nitrogens is 1. The Bertz CT molecular complexity index is 1560. The summed E-state index contributed by atoms with van der Waals surface area (Å²) >= 11 is 1.27. The first-order chi connectivity index (χ1) is 19.3. The zero-order chi connectivity index (χ0) is 28.4. The minimum Gasteiger partial charge on any atom is -0.503 e. The van der Waals surface area contributed by atoms with Gasteiger partial charge in [-0.15, -0.1) is 11.3 Å². The highest BCUT2D eigenvalue weighted by atomic mass is 32.1. The Kier molecular flexibility index (Phi) is 7.71. The van der Waals surface area contributed by atoms with Crippen LogP contribution in [0.15, 0.2) is 90.2 Å². The van der Waals surface area contributed by atoms with Crippen molar-refractivity contribution < 1.29 is 19.4 Å². The maximum Gasteiger partial charge on any atom is 0.290 e. The number of nitrogens with zero attached hydrogens (tertiary/aromatic N) is 3. The fourth-order valence-corrected chi connectivity index (χ4v) is 5.86. The fraction of sp³-hybridized carbons (Fsp3) is 0.219. The third-order valence-corrected chi connectivity index (χ3v) is 8.09. The monoisotopic (exact) mass is 553 g/mol. The molecule has 0 spiro atoms. The van der Waals surface area contributed by atoms with Gasteiger partial charge in [0.05, 0.1) is 28.8 Å². The van der Waals surface area contributed by atoms with Crippen molar-refractivity contribution in [3.05, 3.63) is 112 Å². The van der Waals surface area contributed by atoms with Crippen LogP contribution in [0.25, 0.3) is 10.6 Å². The highest BCUT2D eigenvalue weighted by Crippen LogP contribution is 2.42. The second kappa shape index (κ2) is 11.4. The van der Waals surface area contributed by atoms with Gasteiger partial charge < -0.3 is 19.6 Å². The van der Waals surface area contributed by atoms with E-state index in [-0.39, 0.29) is 17.9 Å². The molecule has 1 aromatic heterocycles. The molecule has 8 heteroatoms. The Balaban J connectivity index is 1.55. The van der Waals surface area contributed by atoms with Gasteiger partial charge in [-0.2, -0.15) is 0 Å². The average Bonchev–Trinajstić information content (AvgIpc) is 3.47. The fourth-order valence-electron chi connectivity index (χ4n) is 4.84. The number of ketones is 1. The van der Waals surface area contributed by atoms with Gasteiger partial charge in [0.15, 0.2) is 5.76 Å². The van der Waals surface area contributed by atoms with Gasteiger partial charge in [0, 0.05) is 31.9 Å². The van der Waals surface area contributed by atoms with Crippen molar-refractivity contribution in [1.29, 1.82) is 0 Å². The zero-order valence-corrected chi connectivity index (χ0v) is 23.7. The van der Waals surface area contributed by atoms with Gasteiger partial charge in [-0.05, 0) is 49.2 Å². The van der Waals surface area contributed by atoms with E-state index in [2.05, 4.69) is 4.98 Å². The summed E-state index contributed by atoms with van der Waals surface area (Å²) in [5.41, 5.74) is 4.12. The third-order valence-electron chi connectivity index (χ3n) is 6.88. The molecule has 1 aliphatic heterocycles. The number of carbonyl (C=O) groups excluding carboxylic acids is 2. The number of amides is 1. The summed E-state index contributed by atoms with van der Waals surface area (Å²) in [6, 6.07) is 24.1. The second-order valence-corrected chi connectivity index (χ2v) is 10.8. The number of benzene rings is 3. The van der Waals surface area contributed by atoms with E-state index in [1.165, 1.54) is 11.3 Å². The Morgan fingerprint density at radius 3 is 2.33 bits per heavy atom. The molecule has 0 radical (unpaired) electrons. The first-order valence-corrected chi connectivity index (χ1v) is 13.9. The van der Waals surface area contributed by atoms with Crippen molar-refractivity contribution in [2.75, 3.05) is 25.6 Å². The van der Waals surface area contributed by atoms with E-state index in [1.807, 2.05) is 105 Å². The van der Waals surface area contributed by atoms with Crippen LogP contribution in [-0.2, 0) is 11.3 Å². The van der Waals surface area contributed by atoms with E-state index in [4.69, 9.17) is 4.74 Å². The van der Waals surface area contributed by atoms with Crippen molar-refractivity contribution >= 4 is 28.7 Å². The summed E-state index contributed by atoms with van der Waals surface area (Å²) in [4.78, 5) is 36.2. The van der Waals surface area contributed by atoms with E-state index < -0.39 is 17.7 Å². The van der Waals surface area contributed by atoms with Crippen LogP contribution in [0.2, 0.25) is 0 Å². The van der Waals surface area contributed by atoms with Crippen LogP contribution in [-0.4, -0.2) is 47.4 Å². The SMILES string of the molecule is CCOc1ccc(CN2C(=O)C(O)=C(C(=O)c3sc(-c4ccccc4)nc3C)C2c2ccc(N(C)C)cc2)cc1. The minimum atomic E-state index is -0.760. The van der Waals surface area contributed by atoms with Gasteiger partial charge in [-0.25, -0.2) is 4.98 Å². The number of Topliss-reactive ketones (excluding diaryl/α,β-unsaturated/α-hetero) is 1. The van der Waals surface area contributed by atoms with Crippen LogP contribution >= 0.6 is 11.3 Å². The molecule has 1 amide bonds. The maximum absolute atomic E-state index is 14.1. The van der Waals surface area contributed by atoms with Gasteiger partial charge in [0.2, 0.25) is 5.78 Å². The lowest BCUT2D eigenvalue weighted by Gasteiger charge is -2.27. The van der Waals surface area contributed by atoms with Crippen molar-refractivity contribution in [2.24, 2.45) is 0 Å². The van der Waals surface area contributed by atoms with Gasteiger partial charge in [0.25, 0.3) is 5.91 Å². The van der Waals surface area contributed by atoms with E-state index in [1.54, 1.807) is 11.8 Å². The summed E-state index contributed by atoms with van der Waals surface area (Å²) in [5.74, 6) is -0.753. The largest absolute Gasteiger partial charge is 0.503 e. The summed E-state index contributed by atoms with van der Waals surface area (Å²) in [5, 5.41) is 11.9. The third kappa shape index (κ3) is 5.22. The van der Waals surface area contributed by atoms with Crippen LogP contribution in [0.1, 0.15) is 39.5 Å². The normalized spacial score (nSPS) is 15.1. The number of hydrogen-bond acceptors (Lipinski definition) is 7. The number of aliphatic hydroxyl groups excluding tert-OH is 1. The highest BCUT2D eigenvalue weighted by Gasteiger charge is 2.44. The number of hydrogen-bond donors (Lipinski definition) is 1. The van der Waals surface area contributed by atoms with Gasteiger partial charge >= 0.3 is 0 Å². The van der Waals surface area contributed by atoms with Crippen molar-refractivity contribution in [1.82, 2.24) is 9.88 Å². The topological polar surface area (TPSA) is 83.0 Å². The van der Waals surface area contributed by atoms with E-state index >= 15 is 0 Å².